The molecule has 4 aromatic rings. The van der Waals surface area contributed by atoms with E-state index in [0.29, 0.717) is 46.8 Å². The van der Waals surface area contributed by atoms with E-state index in [-0.39, 0.29) is 24.4 Å². The summed E-state index contributed by atoms with van der Waals surface area (Å²) in [4.78, 5) is 35.1. The lowest BCUT2D eigenvalue weighted by molar-refractivity contribution is -0.148. The maximum Gasteiger partial charge on any atom is 0.417 e. The summed E-state index contributed by atoms with van der Waals surface area (Å²) in [5, 5.41) is 8.02. The molecule has 13 heteroatoms. The number of carbonyl (C=O) groups excluding carboxylic acids is 2. The molecule has 2 amide bonds. The second-order valence-corrected chi connectivity index (χ2v) is 9.04. The molecular weight excluding hydrogens is 503 g/mol. The van der Waals surface area contributed by atoms with Gasteiger partial charge in [0.1, 0.15) is 5.82 Å². The molecule has 3 aromatic heterocycles. The summed E-state index contributed by atoms with van der Waals surface area (Å²) in [6, 6.07) is 6.53. The summed E-state index contributed by atoms with van der Waals surface area (Å²) in [5.41, 5.74) is 6.83. The van der Waals surface area contributed by atoms with Crippen molar-refractivity contribution >= 4 is 39.4 Å². The third kappa shape index (κ3) is 4.60. The third-order valence-corrected chi connectivity index (χ3v) is 6.49. The van der Waals surface area contributed by atoms with Gasteiger partial charge in [-0.15, -0.1) is 0 Å². The van der Waals surface area contributed by atoms with Crippen molar-refractivity contribution in [3.05, 3.63) is 59.5 Å². The Morgan fingerprint density at radius 2 is 1.97 bits per heavy atom. The second kappa shape index (κ2) is 9.56. The quantitative estimate of drug-likeness (QED) is 0.405. The standard InChI is InChI=1S/C25H24F3N7O3/c1-14(36)35(18-7-8-38-13-18)34(12-17-5-4-16(10-30-17)25(26,27)28)24(37)15-3-6-21-19(9-15)22-20(23(29)32-21)11-31-33(22)2/h3-6,9-11,18H,7-8,12-13H2,1-2H3,(H2,29,32)/t18-/m1/s1. The normalized spacial score (nSPS) is 15.8. The Hall–Kier alpha value is -4.26. The summed E-state index contributed by atoms with van der Waals surface area (Å²) in [6.45, 7) is 1.73. The third-order valence-electron chi connectivity index (χ3n) is 6.49. The Morgan fingerprint density at radius 3 is 2.61 bits per heavy atom. The number of pyridine rings is 2. The van der Waals surface area contributed by atoms with Crippen molar-refractivity contribution in [3.8, 4) is 0 Å². The smallest absolute Gasteiger partial charge is 0.383 e. The van der Waals surface area contributed by atoms with Crippen LogP contribution in [-0.4, -0.2) is 60.8 Å². The zero-order chi connectivity index (χ0) is 27.2. The van der Waals surface area contributed by atoms with E-state index in [1.54, 1.807) is 36.1 Å². The minimum atomic E-state index is -4.55. The van der Waals surface area contributed by atoms with Crippen molar-refractivity contribution < 1.29 is 27.5 Å². The first kappa shape index (κ1) is 25.4. The molecule has 0 unspecified atom stereocenters. The van der Waals surface area contributed by atoms with Gasteiger partial charge in [0.2, 0.25) is 5.91 Å². The lowest BCUT2D eigenvalue weighted by Crippen LogP contribution is -2.54. The molecule has 5 rings (SSSR count). The highest BCUT2D eigenvalue weighted by Crippen LogP contribution is 2.30. The van der Waals surface area contributed by atoms with E-state index in [0.717, 1.165) is 6.07 Å². The fourth-order valence-corrected chi connectivity index (χ4v) is 4.66. The number of carbonyl (C=O) groups is 2. The first-order chi connectivity index (χ1) is 18.0. The summed E-state index contributed by atoms with van der Waals surface area (Å²) < 4.78 is 46.2. The van der Waals surface area contributed by atoms with Crippen LogP contribution in [0, 0.1) is 0 Å². The van der Waals surface area contributed by atoms with Gasteiger partial charge in [0, 0.05) is 37.7 Å². The van der Waals surface area contributed by atoms with Crippen LogP contribution in [0.3, 0.4) is 0 Å². The largest absolute Gasteiger partial charge is 0.417 e. The van der Waals surface area contributed by atoms with Crippen LogP contribution in [0.15, 0.2) is 42.7 Å². The lowest BCUT2D eigenvalue weighted by Gasteiger charge is -2.37. The minimum Gasteiger partial charge on any atom is -0.383 e. The van der Waals surface area contributed by atoms with Crippen molar-refractivity contribution in [2.75, 3.05) is 18.9 Å². The number of hydrogen-bond acceptors (Lipinski definition) is 7. The summed E-state index contributed by atoms with van der Waals surface area (Å²) in [6.07, 6.45) is -1.75. The van der Waals surface area contributed by atoms with Crippen molar-refractivity contribution in [1.29, 1.82) is 0 Å². The molecule has 10 nitrogen and oxygen atoms in total. The molecule has 4 heterocycles. The average Bonchev–Trinajstić information content (AvgIpc) is 3.53. The number of ether oxygens (including phenoxy) is 1. The zero-order valence-corrected chi connectivity index (χ0v) is 20.6. The molecule has 38 heavy (non-hydrogen) atoms. The predicted molar refractivity (Wildman–Crippen MR) is 131 cm³/mol. The fraction of sp³-hybridized carbons (Fsp3) is 0.320. The van der Waals surface area contributed by atoms with Gasteiger partial charge in [0.05, 0.1) is 53.1 Å². The van der Waals surface area contributed by atoms with Crippen LogP contribution in [0.5, 0.6) is 0 Å². The number of fused-ring (bicyclic) bond motifs is 3. The molecule has 1 fully saturated rings. The average molecular weight is 528 g/mol. The SMILES string of the molecule is CC(=O)N([C@@H]1CCOC1)N(Cc1ccc(C(F)(F)F)cn1)C(=O)c1ccc2nc(N)c3cnn(C)c3c2c1. The van der Waals surface area contributed by atoms with Crippen molar-refractivity contribution in [3.63, 3.8) is 0 Å². The van der Waals surface area contributed by atoms with Crippen LogP contribution in [0.1, 0.15) is 35.0 Å². The maximum atomic E-state index is 14.0. The van der Waals surface area contributed by atoms with E-state index in [9.17, 15) is 22.8 Å². The number of aryl methyl sites for hydroxylation is 1. The molecule has 1 aliphatic heterocycles. The first-order valence-electron chi connectivity index (χ1n) is 11.8. The van der Waals surface area contributed by atoms with Gasteiger partial charge in [0.15, 0.2) is 0 Å². The first-order valence-corrected chi connectivity index (χ1v) is 11.8. The number of hydrogen-bond donors (Lipinski definition) is 1. The Kier molecular flexibility index (Phi) is 6.39. The lowest BCUT2D eigenvalue weighted by atomic mass is 10.1. The topological polar surface area (TPSA) is 119 Å². The monoisotopic (exact) mass is 527 g/mol. The molecule has 0 aliphatic carbocycles. The number of hydrazine groups is 1. The van der Waals surface area contributed by atoms with Gasteiger partial charge in [0.25, 0.3) is 5.91 Å². The number of nitrogens with two attached hydrogens (primary N) is 1. The molecule has 1 aliphatic rings. The number of nitrogen functional groups attached to an aromatic ring is 1. The molecule has 0 bridgehead atoms. The van der Waals surface area contributed by atoms with Crippen molar-refractivity contribution in [2.24, 2.45) is 7.05 Å². The Bertz CT molecular complexity index is 1530. The number of anilines is 1. The van der Waals surface area contributed by atoms with E-state index in [1.165, 1.54) is 23.0 Å². The maximum absolute atomic E-state index is 14.0. The van der Waals surface area contributed by atoms with E-state index in [2.05, 4.69) is 15.1 Å². The van der Waals surface area contributed by atoms with E-state index in [4.69, 9.17) is 10.5 Å². The van der Waals surface area contributed by atoms with Gasteiger partial charge in [-0.1, -0.05) is 0 Å². The molecule has 1 saturated heterocycles. The molecular formula is C25H24F3N7O3. The minimum absolute atomic E-state index is 0.181. The van der Waals surface area contributed by atoms with Gasteiger partial charge in [-0.3, -0.25) is 19.3 Å². The molecule has 0 spiro atoms. The van der Waals surface area contributed by atoms with Crippen LogP contribution in [0.4, 0.5) is 19.0 Å². The number of amides is 2. The molecule has 2 N–H and O–H groups in total. The van der Waals surface area contributed by atoms with Gasteiger partial charge in [-0.05, 0) is 36.8 Å². The Labute approximate surface area is 214 Å². The van der Waals surface area contributed by atoms with Crippen LogP contribution in [0.25, 0.3) is 21.8 Å². The highest BCUT2D eigenvalue weighted by Gasteiger charge is 2.35. The molecule has 1 aromatic carbocycles. The fourth-order valence-electron chi connectivity index (χ4n) is 4.66. The molecule has 0 saturated carbocycles. The van der Waals surface area contributed by atoms with Gasteiger partial charge < -0.3 is 10.5 Å². The molecule has 0 radical (unpaired) electrons. The van der Waals surface area contributed by atoms with Crippen molar-refractivity contribution in [2.45, 2.75) is 32.1 Å². The predicted octanol–water partition coefficient (Wildman–Crippen LogP) is 3.31. The molecule has 1 atom stereocenters. The number of halogens is 3. The summed E-state index contributed by atoms with van der Waals surface area (Å²) in [7, 11) is 1.75. The number of aromatic nitrogens is 4. The second-order valence-electron chi connectivity index (χ2n) is 9.04. The van der Waals surface area contributed by atoms with Crippen LogP contribution >= 0.6 is 0 Å². The van der Waals surface area contributed by atoms with Gasteiger partial charge >= 0.3 is 6.18 Å². The highest BCUT2D eigenvalue weighted by atomic mass is 19.4. The number of nitrogens with zero attached hydrogens (tertiary/aromatic N) is 6. The Balaban J connectivity index is 1.58. The highest BCUT2D eigenvalue weighted by molar-refractivity contribution is 6.10. The zero-order valence-electron chi connectivity index (χ0n) is 20.6. The molecule has 198 valence electrons. The summed E-state index contributed by atoms with van der Waals surface area (Å²) >= 11 is 0. The van der Waals surface area contributed by atoms with Gasteiger partial charge in [-0.2, -0.15) is 18.3 Å². The number of benzene rings is 1. The van der Waals surface area contributed by atoms with Crippen LogP contribution in [-0.2, 0) is 29.3 Å². The van der Waals surface area contributed by atoms with Gasteiger partial charge in [-0.25, -0.2) is 15.0 Å². The Morgan fingerprint density at radius 1 is 1.18 bits per heavy atom. The number of alkyl halides is 3. The van der Waals surface area contributed by atoms with E-state index >= 15 is 0 Å². The summed E-state index contributed by atoms with van der Waals surface area (Å²) in [5.74, 6) is -0.647. The van der Waals surface area contributed by atoms with E-state index in [1.807, 2.05) is 0 Å². The van der Waals surface area contributed by atoms with E-state index < -0.39 is 29.6 Å². The van der Waals surface area contributed by atoms with Crippen LogP contribution < -0.4 is 5.73 Å². The van der Waals surface area contributed by atoms with Crippen LogP contribution in [0.2, 0.25) is 0 Å². The van der Waals surface area contributed by atoms with Crippen molar-refractivity contribution in [1.82, 2.24) is 29.8 Å². The number of rotatable bonds is 4.